The molecule has 0 aliphatic rings. The third-order valence-electron chi connectivity index (χ3n) is 2.90. The van der Waals surface area contributed by atoms with Gasteiger partial charge in [-0.1, -0.05) is 38.6 Å². The normalized spacial score (nSPS) is 12.3. The van der Waals surface area contributed by atoms with Gasteiger partial charge in [0.1, 0.15) is 13.5 Å². The molecule has 1 aromatic heterocycles. The van der Waals surface area contributed by atoms with Crippen molar-refractivity contribution in [2.45, 2.75) is 45.7 Å². The van der Waals surface area contributed by atoms with Crippen molar-refractivity contribution in [3.05, 3.63) is 17.0 Å². The second kappa shape index (κ2) is 5.64. The Hall–Kier alpha value is -0.865. The van der Waals surface area contributed by atoms with Crippen molar-refractivity contribution in [2.24, 2.45) is 0 Å². The molecular formula is C12H14B3F3N. The Balaban J connectivity index is 3.71. The molecular weight excluding hydrogens is 248 g/mol. The van der Waals surface area contributed by atoms with Gasteiger partial charge in [0.05, 0.1) is 7.17 Å². The summed E-state index contributed by atoms with van der Waals surface area (Å²) in [6.07, 6.45) is -4.57. The number of nitrogens with zero attached hydrogens (tertiary/aromatic N) is 1. The molecule has 1 aromatic rings. The fraction of sp³-hybridized carbons (Fsp3) is 0.583. The van der Waals surface area contributed by atoms with E-state index in [1.165, 1.54) is 0 Å². The molecule has 0 saturated carbocycles. The number of halogens is 3. The van der Waals surface area contributed by atoms with E-state index in [-0.39, 0.29) is 22.8 Å². The molecule has 1 nitrogen and oxygen atoms in total. The van der Waals surface area contributed by atoms with Gasteiger partial charge in [0.15, 0.2) is 0 Å². The van der Waals surface area contributed by atoms with Gasteiger partial charge in [-0.3, -0.25) is 0 Å². The molecule has 7 heteroatoms. The Morgan fingerprint density at radius 3 is 1.95 bits per heavy atom. The summed E-state index contributed by atoms with van der Waals surface area (Å²) < 4.78 is 39.0. The number of hydrogen-bond donors (Lipinski definition) is 0. The molecule has 0 fully saturated rings. The number of pyridine rings is 1. The molecule has 0 saturated heterocycles. The van der Waals surface area contributed by atoms with E-state index in [9.17, 15) is 13.2 Å². The molecule has 0 amide bonds. The molecule has 19 heavy (non-hydrogen) atoms. The molecule has 0 aliphatic heterocycles. The Labute approximate surface area is 115 Å². The van der Waals surface area contributed by atoms with Crippen molar-refractivity contribution in [3.63, 3.8) is 0 Å². The standard InChI is InChI=1S/C12H14B3F3N/c1-5(2)7-8(13)9(15-14)11(12(16,17)18)19-10(7)6(3)4/h5-6H,1-4H3. The molecule has 5 radical (unpaired) electrons. The Morgan fingerprint density at radius 1 is 1.11 bits per heavy atom. The highest BCUT2D eigenvalue weighted by molar-refractivity contribution is 6.99. The molecule has 97 valence electrons. The highest BCUT2D eigenvalue weighted by Gasteiger charge is 2.36. The van der Waals surface area contributed by atoms with E-state index in [4.69, 9.17) is 15.6 Å². The highest BCUT2D eigenvalue weighted by Crippen LogP contribution is 2.29. The summed E-state index contributed by atoms with van der Waals surface area (Å²) in [7, 11) is 12.1. The maximum Gasteiger partial charge on any atom is 0.432 e. The topological polar surface area (TPSA) is 12.9 Å². The van der Waals surface area contributed by atoms with E-state index in [2.05, 4.69) is 4.98 Å². The first-order valence-corrected chi connectivity index (χ1v) is 6.06. The monoisotopic (exact) mass is 262 g/mol. The predicted molar refractivity (Wildman–Crippen MR) is 73.9 cm³/mol. The predicted octanol–water partition coefficient (Wildman–Crippen LogP) is 1.55. The summed E-state index contributed by atoms with van der Waals surface area (Å²) in [5.74, 6) is -0.168. The van der Waals surface area contributed by atoms with Gasteiger partial charge < -0.3 is 0 Å². The van der Waals surface area contributed by atoms with Crippen molar-refractivity contribution in [2.75, 3.05) is 0 Å². The van der Waals surface area contributed by atoms with Crippen LogP contribution in [-0.4, -0.2) is 27.7 Å². The number of rotatable bonds is 3. The molecule has 1 heterocycles. The van der Waals surface area contributed by atoms with Crippen LogP contribution in [0.2, 0.25) is 0 Å². The lowest BCUT2D eigenvalue weighted by Crippen LogP contribution is -2.43. The molecule has 1 rings (SSSR count). The van der Waals surface area contributed by atoms with Gasteiger partial charge in [0, 0.05) is 13.4 Å². The fourth-order valence-electron chi connectivity index (χ4n) is 2.08. The third kappa shape index (κ3) is 3.18. The average molecular weight is 262 g/mol. The van der Waals surface area contributed by atoms with Crippen molar-refractivity contribution >= 4 is 33.7 Å². The highest BCUT2D eigenvalue weighted by atomic mass is 19.4. The Morgan fingerprint density at radius 2 is 1.63 bits per heavy atom. The number of hydrogen-bond acceptors (Lipinski definition) is 1. The minimum absolute atomic E-state index is 0.0223. The summed E-state index contributed by atoms with van der Waals surface area (Å²) in [6, 6.07) is 0. The van der Waals surface area contributed by atoms with Gasteiger partial charge in [-0.2, -0.15) is 13.2 Å². The van der Waals surface area contributed by atoms with Crippen LogP contribution in [0.25, 0.3) is 0 Å². The van der Waals surface area contributed by atoms with Crippen LogP contribution in [0.3, 0.4) is 0 Å². The second-order valence-corrected chi connectivity index (χ2v) is 5.06. The van der Waals surface area contributed by atoms with Crippen molar-refractivity contribution in [3.8, 4) is 0 Å². The number of alkyl halides is 3. The maximum atomic E-state index is 13.0. The van der Waals surface area contributed by atoms with E-state index < -0.39 is 11.9 Å². The molecule has 0 bridgehead atoms. The molecule has 0 spiro atoms. The van der Waals surface area contributed by atoms with Gasteiger partial charge in [0.25, 0.3) is 0 Å². The minimum atomic E-state index is -4.57. The summed E-state index contributed by atoms with van der Waals surface area (Å²) >= 11 is 0. The second-order valence-electron chi connectivity index (χ2n) is 5.06. The smallest absolute Gasteiger partial charge is 0.248 e. The summed E-state index contributed by atoms with van der Waals surface area (Å²) in [4.78, 5) is 3.78. The first kappa shape index (κ1) is 16.2. The van der Waals surface area contributed by atoms with Crippen molar-refractivity contribution in [1.29, 1.82) is 0 Å². The largest absolute Gasteiger partial charge is 0.432 e. The SMILES string of the molecule is [B][B]c1c(C(F)(F)F)nc(C(C)C)c(C(C)C)c1[B]. The minimum Gasteiger partial charge on any atom is -0.248 e. The quantitative estimate of drug-likeness (QED) is 0.753. The van der Waals surface area contributed by atoms with Crippen molar-refractivity contribution in [1.82, 2.24) is 4.98 Å². The molecule has 0 unspecified atom stereocenters. The molecule has 0 aromatic carbocycles. The van der Waals surface area contributed by atoms with Crippen LogP contribution in [0.1, 0.15) is 56.5 Å². The Kier molecular flexibility index (Phi) is 4.80. The summed E-state index contributed by atoms with van der Waals surface area (Å²) in [5, 5.41) is 0. The van der Waals surface area contributed by atoms with E-state index in [1.807, 2.05) is 13.8 Å². The van der Waals surface area contributed by atoms with E-state index in [1.54, 1.807) is 13.8 Å². The van der Waals surface area contributed by atoms with Crippen LogP contribution in [0.4, 0.5) is 13.2 Å². The molecule has 0 aliphatic carbocycles. The van der Waals surface area contributed by atoms with Gasteiger partial charge in [0.2, 0.25) is 0 Å². The van der Waals surface area contributed by atoms with E-state index in [0.29, 0.717) is 11.3 Å². The van der Waals surface area contributed by atoms with Crippen LogP contribution in [0, 0.1) is 0 Å². The van der Waals surface area contributed by atoms with Crippen LogP contribution in [0.15, 0.2) is 0 Å². The Bertz CT molecular complexity index is 470. The van der Waals surface area contributed by atoms with Gasteiger partial charge in [-0.25, -0.2) is 4.98 Å². The van der Waals surface area contributed by atoms with Crippen LogP contribution >= 0.6 is 0 Å². The lowest BCUT2D eigenvalue weighted by molar-refractivity contribution is -0.140. The third-order valence-corrected chi connectivity index (χ3v) is 2.90. The zero-order valence-corrected chi connectivity index (χ0v) is 11.5. The van der Waals surface area contributed by atoms with Crippen LogP contribution in [0.5, 0.6) is 0 Å². The molecule has 0 atom stereocenters. The molecule has 0 N–H and O–H groups in total. The van der Waals surface area contributed by atoms with E-state index >= 15 is 0 Å². The zero-order valence-electron chi connectivity index (χ0n) is 11.5. The fourth-order valence-corrected chi connectivity index (χ4v) is 2.08. The summed E-state index contributed by atoms with van der Waals surface area (Å²) in [5.41, 5.74) is -0.158. The first-order valence-electron chi connectivity index (χ1n) is 6.06. The van der Waals surface area contributed by atoms with Crippen LogP contribution in [-0.2, 0) is 6.18 Å². The lowest BCUT2D eigenvalue weighted by Gasteiger charge is -2.24. The summed E-state index contributed by atoms with van der Waals surface area (Å²) in [6.45, 7) is 7.32. The van der Waals surface area contributed by atoms with Crippen LogP contribution < -0.4 is 10.9 Å². The number of aromatic nitrogens is 1. The maximum absolute atomic E-state index is 13.0. The van der Waals surface area contributed by atoms with Gasteiger partial charge in [-0.05, 0) is 17.4 Å². The lowest BCUT2D eigenvalue weighted by atomic mass is 9.47. The van der Waals surface area contributed by atoms with Gasteiger partial charge in [-0.15, -0.1) is 0 Å². The van der Waals surface area contributed by atoms with Crippen molar-refractivity contribution < 1.29 is 13.2 Å². The van der Waals surface area contributed by atoms with E-state index in [0.717, 1.165) is 7.17 Å². The average Bonchev–Trinajstić information content (AvgIpc) is 2.25. The zero-order chi connectivity index (χ0) is 15.0. The first-order chi connectivity index (χ1) is 8.61. The van der Waals surface area contributed by atoms with Gasteiger partial charge >= 0.3 is 6.18 Å².